The molecule has 11 heteroatoms. The minimum Gasteiger partial charge on any atom is -0.454 e. The molecular formula is C20H18ClF3N4O3. The summed E-state index contributed by atoms with van der Waals surface area (Å²) in [5.74, 6) is -3.20. The zero-order valence-electron chi connectivity index (χ0n) is 16.5. The normalized spacial score (nSPS) is 25.0. The number of nitrogens with zero attached hydrogens (tertiary/aromatic N) is 4. The van der Waals surface area contributed by atoms with Crippen molar-refractivity contribution in [2.24, 2.45) is 11.8 Å². The predicted molar refractivity (Wildman–Crippen MR) is 104 cm³/mol. The number of benzene rings is 1. The average molecular weight is 455 g/mol. The van der Waals surface area contributed by atoms with Crippen molar-refractivity contribution < 1.29 is 27.4 Å². The van der Waals surface area contributed by atoms with Crippen molar-refractivity contribution in [3.05, 3.63) is 53.7 Å². The van der Waals surface area contributed by atoms with Crippen molar-refractivity contribution in [3.8, 4) is 0 Å². The van der Waals surface area contributed by atoms with Gasteiger partial charge in [0.2, 0.25) is 0 Å². The lowest BCUT2D eigenvalue weighted by molar-refractivity contribution is -0.206. The second-order valence-corrected chi connectivity index (χ2v) is 7.76. The molecule has 0 spiro atoms. The molecule has 1 unspecified atom stereocenters. The third-order valence-corrected chi connectivity index (χ3v) is 5.74. The molecule has 3 heterocycles. The summed E-state index contributed by atoms with van der Waals surface area (Å²) < 4.78 is 53.3. The van der Waals surface area contributed by atoms with Gasteiger partial charge in [-0.05, 0) is 12.1 Å². The van der Waals surface area contributed by atoms with E-state index in [1.165, 1.54) is 17.2 Å². The van der Waals surface area contributed by atoms with Crippen molar-refractivity contribution in [1.29, 1.82) is 0 Å². The first-order valence-corrected chi connectivity index (χ1v) is 9.87. The van der Waals surface area contributed by atoms with Gasteiger partial charge in [-0.3, -0.25) is 4.57 Å². The van der Waals surface area contributed by atoms with Crippen molar-refractivity contribution in [1.82, 2.24) is 19.5 Å². The van der Waals surface area contributed by atoms with E-state index >= 15 is 0 Å². The molecule has 1 aromatic carbocycles. The summed E-state index contributed by atoms with van der Waals surface area (Å²) in [4.78, 5) is 24.8. The minimum atomic E-state index is -4.48. The summed E-state index contributed by atoms with van der Waals surface area (Å²) in [7, 11) is 0. The van der Waals surface area contributed by atoms with Crippen molar-refractivity contribution in [2.75, 3.05) is 0 Å². The van der Waals surface area contributed by atoms with Gasteiger partial charge in [-0.25, -0.2) is 19.7 Å². The highest BCUT2D eigenvalue weighted by molar-refractivity contribution is 6.33. The molecule has 4 rings (SSSR count). The maximum absolute atomic E-state index is 13.5. The van der Waals surface area contributed by atoms with E-state index in [4.69, 9.17) is 21.1 Å². The summed E-state index contributed by atoms with van der Waals surface area (Å²) in [5.41, 5.74) is 0.806. The predicted octanol–water partition coefficient (Wildman–Crippen LogP) is 4.44. The molecule has 7 nitrogen and oxygen atoms in total. The van der Waals surface area contributed by atoms with Crippen LogP contribution in [0.2, 0.25) is 5.15 Å². The number of rotatable bonds is 4. The third kappa shape index (κ3) is 3.97. The second kappa shape index (κ2) is 8.08. The van der Waals surface area contributed by atoms with E-state index in [0.29, 0.717) is 0 Å². The highest BCUT2D eigenvalue weighted by Gasteiger charge is 2.54. The van der Waals surface area contributed by atoms with Crippen LogP contribution in [0.4, 0.5) is 13.2 Å². The van der Waals surface area contributed by atoms with E-state index < -0.39 is 42.4 Å². The van der Waals surface area contributed by atoms with Crippen LogP contribution in [0.1, 0.15) is 30.4 Å². The summed E-state index contributed by atoms with van der Waals surface area (Å²) in [5, 5.41) is 0.0906. The Morgan fingerprint density at radius 2 is 1.94 bits per heavy atom. The van der Waals surface area contributed by atoms with Gasteiger partial charge in [0, 0.05) is 5.92 Å². The topological polar surface area (TPSA) is 79.1 Å². The standard InChI is InChI=1S/C20H18ClF3N4O3/c1-10-14(11(2)20(22,23)24)30-18(15(10)31-19(29)12-6-4-3-5-7-12)28-9-27-13-16(21)25-8-26-17(13)28/h3-11,14-15,18H,1-2H3/t10-,11-,14+,15?,18-/m1/s1. The second-order valence-electron chi connectivity index (χ2n) is 7.41. The molecule has 0 bridgehead atoms. The molecule has 0 radical (unpaired) electrons. The summed E-state index contributed by atoms with van der Waals surface area (Å²) >= 11 is 6.04. The molecule has 164 valence electrons. The Morgan fingerprint density at radius 3 is 2.61 bits per heavy atom. The minimum absolute atomic E-state index is 0.0906. The monoisotopic (exact) mass is 454 g/mol. The van der Waals surface area contributed by atoms with Crippen molar-refractivity contribution in [2.45, 2.75) is 38.5 Å². The number of ether oxygens (including phenoxy) is 2. The maximum Gasteiger partial charge on any atom is 0.394 e. The van der Waals surface area contributed by atoms with Crippen LogP contribution >= 0.6 is 11.6 Å². The molecule has 3 aromatic rings. The third-order valence-electron chi connectivity index (χ3n) is 5.46. The Hall–Kier alpha value is -2.72. The molecule has 1 aliphatic heterocycles. The number of hydrogen-bond acceptors (Lipinski definition) is 6. The molecule has 0 saturated carbocycles. The molecule has 2 aromatic heterocycles. The summed E-state index contributed by atoms with van der Waals surface area (Å²) in [6.45, 7) is 2.61. The first-order chi connectivity index (χ1) is 14.7. The number of imidazole rings is 1. The smallest absolute Gasteiger partial charge is 0.394 e. The lowest BCUT2D eigenvalue weighted by atomic mass is 9.91. The molecular weight excluding hydrogens is 437 g/mol. The van der Waals surface area contributed by atoms with E-state index in [9.17, 15) is 18.0 Å². The number of carbonyl (C=O) groups excluding carboxylic acids is 1. The number of alkyl halides is 3. The number of aromatic nitrogens is 4. The Morgan fingerprint density at radius 1 is 1.23 bits per heavy atom. The van der Waals surface area contributed by atoms with Crippen LogP contribution in [0.5, 0.6) is 0 Å². The fraction of sp³-hybridized carbons (Fsp3) is 0.400. The van der Waals surface area contributed by atoms with Gasteiger partial charge in [-0.2, -0.15) is 13.2 Å². The summed E-state index contributed by atoms with van der Waals surface area (Å²) in [6.07, 6.45) is -5.27. The highest BCUT2D eigenvalue weighted by Crippen LogP contribution is 2.44. The average Bonchev–Trinajstić information content (AvgIpc) is 3.30. The fourth-order valence-corrected chi connectivity index (χ4v) is 3.91. The molecule has 1 fully saturated rings. The SMILES string of the molecule is C[C@H]([C@H]1O[C@@H](n2cnc3c(Cl)ncnc32)C(OC(=O)c2ccccc2)[C@@H]1C)C(F)(F)F. The van der Waals surface area contributed by atoms with Gasteiger partial charge in [0.05, 0.1) is 23.9 Å². The fourth-order valence-electron chi connectivity index (χ4n) is 3.73. The van der Waals surface area contributed by atoms with Crippen LogP contribution in [0.3, 0.4) is 0 Å². The quantitative estimate of drug-likeness (QED) is 0.428. The Kier molecular flexibility index (Phi) is 5.61. The number of hydrogen-bond donors (Lipinski definition) is 0. The zero-order valence-corrected chi connectivity index (χ0v) is 17.2. The Bertz CT molecular complexity index is 1090. The van der Waals surface area contributed by atoms with E-state index in [-0.39, 0.29) is 21.9 Å². The van der Waals surface area contributed by atoms with Gasteiger partial charge in [0.25, 0.3) is 0 Å². The number of carbonyl (C=O) groups is 1. The van der Waals surface area contributed by atoms with E-state index in [1.807, 2.05) is 0 Å². The van der Waals surface area contributed by atoms with Crippen LogP contribution in [-0.4, -0.2) is 43.9 Å². The molecule has 31 heavy (non-hydrogen) atoms. The van der Waals surface area contributed by atoms with E-state index in [0.717, 1.165) is 6.92 Å². The van der Waals surface area contributed by atoms with Crippen LogP contribution in [0, 0.1) is 11.8 Å². The lowest BCUT2D eigenvalue weighted by Crippen LogP contribution is -2.37. The van der Waals surface area contributed by atoms with Gasteiger partial charge in [0.15, 0.2) is 23.1 Å². The zero-order chi connectivity index (χ0) is 22.3. The molecule has 5 atom stereocenters. The van der Waals surface area contributed by atoms with Crippen LogP contribution in [0.15, 0.2) is 43.0 Å². The number of fused-ring (bicyclic) bond motifs is 1. The first-order valence-electron chi connectivity index (χ1n) is 9.49. The van der Waals surface area contributed by atoms with Gasteiger partial charge in [-0.15, -0.1) is 0 Å². The number of esters is 1. The summed E-state index contributed by atoms with van der Waals surface area (Å²) in [6, 6.07) is 8.20. The Balaban J connectivity index is 1.72. The van der Waals surface area contributed by atoms with Crippen LogP contribution < -0.4 is 0 Å². The molecule has 0 amide bonds. The van der Waals surface area contributed by atoms with Crippen molar-refractivity contribution >= 4 is 28.7 Å². The molecule has 1 saturated heterocycles. The molecule has 0 N–H and O–H groups in total. The van der Waals surface area contributed by atoms with Gasteiger partial charge in [0.1, 0.15) is 11.8 Å². The van der Waals surface area contributed by atoms with Gasteiger partial charge < -0.3 is 9.47 Å². The van der Waals surface area contributed by atoms with Crippen LogP contribution in [0.25, 0.3) is 11.2 Å². The largest absolute Gasteiger partial charge is 0.454 e. The van der Waals surface area contributed by atoms with E-state index in [2.05, 4.69) is 15.0 Å². The maximum atomic E-state index is 13.5. The molecule has 0 aliphatic carbocycles. The first kappa shape index (κ1) is 21.5. The van der Waals surface area contributed by atoms with Gasteiger partial charge >= 0.3 is 12.1 Å². The highest BCUT2D eigenvalue weighted by atomic mass is 35.5. The Labute approximate surface area is 180 Å². The van der Waals surface area contributed by atoms with E-state index in [1.54, 1.807) is 37.3 Å². The molecule has 1 aliphatic rings. The van der Waals surface area contributed by atoms with Crippen molar-refractivity contribution in [3.63, 3.8) is 0 Å². The number of halogens is 4. The lowest BCUT2D eigenvalue weighted by Gasteiger charge is -2.25. The van der Waals surface area contributed by atoms with Crippen LogP contribution in [-0.2, 0) is 9.47 Å². The van der Waals surface area contributed by atoms with Gasteiger partial charge in [-0.1, -0.05) is 43.6 Å².